The number of unbranched alkanes of at least 4 members (excludes halogenated alkanes) is 2. The molecule has 6 aromatic rings. The first-order chi connectivity index (χ1) is 25.5. The number of benzene rings is 5. The summed E-state index contributed by atoms with van der Waals surface area (Å²) < 4.78 is 25.1. The number of carbonyl (C=O) groups is 1. The second-order valence-electron chi connectivity index (χ2n) is 13.5. The molecule has 0 saturated carbocycles. The van der Waals surface area contributed by atoms with Gasteiger partial charge in [-0.2, -0.15) is 0 Å². The number of carbonyl (C=O) groups excluding carboxylic acids is 1. The van der Waals surface area contributed by atoms with E-state index in [2.05, 4.69) is 70.2 Å². The maximum Gasteiger partial charge on any atom is 0.256 e. The summed E-state index contributed by atoms with van der Waals surface area (Å²) in [7, 11) is 5.00. The van der Waals surface area contributed by atoms with E-state index in [0.717, 1.165) is 67.8 Å². The van der Waals surface area contributed by atoms with Gasteiger partial charge in [0.2, 0.25) is 0 Å². The molecule has 0 spiro atoms. The molecule has 2 aliphatic rings. The Morgan fingerprint density at radius 2 is 1.29 bits per heavy atom. The molecule has 2 aliphatic heterocycles. The Morgan fingerprint density at radius 3 is 1.88 bits per heavy atom. The van der Waals surface area contributed by atoms with Gasteiger partial charge in [0.1, 0.15) is 11.5 Å². The molecule has 1 saturated heterocycles. The molecule has 0 N–H and O–H groups in total. The third kappa shape index (κ3) is 6.34. The SMILES string of the molecule is COc1ccc(-c2ccc3c(c2)c2cc(-c4ccc(OC)cc4)ccc2n3CCCCCOc2cc3c(cc2OC)C(=O)N2CCC[C@H]2C=N3)cc1. The Hall–Kier alpha value is -5.76. The number of amides is 1. The number of ether oxygens (including phenoxy) is 4. The minimum atomic E-state index is 0.0128. The van der Waals surface area contributed by atoms with Gasteiger partial charge in [-0.15, -0.1) is 0 Å². The number of aromatic nitrogens is 1. The molecule has 264 valence electrons. The minimum Gasteiger partial charge on any atom is -0.497 e. The summed E-state index contributed by atoms with van der Waals surface area (Å²) in [5, 5.41) is 2.47. The zero-order valence-corrected chi connectivity index (χ0v) is 29.9. The van der Waals surface area contributed by atoms with Crippen LogP contribution in [0.15, 0.2) is 102 Å². The van der Waals surface area contributed by atoms with Crippen LogP contribution in [-0.4, -0.2) is 62.1 Å². The summed E-state index contributed by atoms with van der Waals surface area (Å²) in [6, 6.07) is 33.8. The number of hydrogen-bond donors (Lipinski definition) is 0. The van der Waals surface area contributed by atoms with Crippen molar-refractivity contribution in [3.8, 4) is 45.3 Å². The number of aliphatic imine (C=N–C) groups is 1. The predicted molar refractivity (Wildman–Crippen MR) is 208 cm³/mol. The number of aryl methyl sites for hydroxylation is 1. The molecule has 1 atom stereocenters. The maximum atomic E-state index is 13.2. The number of nitrogens with zero attached hydrogens (tertiary/aromatic N) is 3. The van der Waals surface area contributed by atoms with Crippen LogP contribution < -0.4 is 18.9 Å². The first kappa shape index (κ1) is 33.4. The molecule has 0 aliphatic carbocycles. The van der Waals surface area contributed by atoms with Crippen LogP contribution in [0.4, 0.5) is 5.69 Å². The summed E-state index contributed by atoms with van der Waals surface area (Å²) in [6.07, 6.45) is 6.74. The second kappa shape index (κ2) is 14.5. The van der Waals surface area contributed by atoms with Crippen LogP contribution in [0, 0.1) is 0 Å². The lowest BCUT2D eigenvalue weighted by molar-refractivity contribution is 0.0774. The zero-order chi connectivity index (χ0) is 35.6. The smallest absolute Gasteiger partial charge is 0.256 e. The Balaban J connectivity index is 1.00. The Labute approximate surface area is 304 Å². The van der Waals surface area contributed by atoms with Crippen molar-refractivity contribution in [3.63, 3.8) is 0 Å². The van der Waals surface area contributed by atoms with Crippen molar-refractivity contribution in [2.45, 2.75) is 44.7 Å². The lowest BCUT2D eigenvalue weighted by Gasteiger charge is -2.20. The lowest BCUT2D eigenvalue weighted by atomic mass is 10.00. The number of hydrogen-bond acceptors (Lipinski definition) is 6. The molecule has 1 aromatic heterocycles. The summed E-state index contributed by atoms with van der Waals surface area (Å²) in [5.41, 5.74) is 8.31. The molecule has 52 heavy (non-hydrogen) atoms. The fourth-order valence-corrected chi connectivity index (χ4v) is 7.62. The molecule has 1 amide bonds. The van der Waals surface area contributed by atoms with Gasteiger partial charge in [0.05, 0.1) is 45.2 Å². The average Bonchev–Trinajstić information content (AvgIpc) is 3.76. The highest BCUT2D eigenvalue weighted by Crippen LogP contribution is 2.39. The largest absolute Gasteiger partial charge is 0.497 e. The van der Waals surface area contributed by atoms with Gasteiger partial charge < -0.3 is 28.4 Å². The molecule has 0 unspecified atom stereocenters. The first-order valence-electron chi connectivity index (χ1n) is 18.1. The highest BCUT2D eigenvalue weighted by molar-refractivity contribution is 6.10. The van der Waals surface area contributed by atoms with Gasteiger partial charge in [-0.25, -0.2) is 0 Å². The highest BCUT2D eigenvalue weighted by atomic mass is 16.5. The van der Waals surface area contributed by atoms with E-state index in [1.165, 1.54) is 32.9 Å². The van der Waals surface area contributed by atoms with Gasteiger partial charge in [-0.05, 0) is 109 Å². The van der Waals surface area contributed by atoms with Gasteiger partial charge in [-0.1, -0.05) is 36.4 Å². The average molecular weight is 694 g/mol. The predicted octanol–water partition coefficient (Wildman–Crippen LogP) is 9.72. The normalized spacial score (nSPS) is 15.1. The van der Waals surface area contributed by atoms with E-state index in [1.807, 2.05) is 41.4 Å². The maximum absolute atomic E-state index is 13.2. The van der Waals surface area contributed by atoms with Crippen molar-refractivity contribution >= 4 is 39.6 Å². The standard InChI is InChI=1S/C44H43N3O5/c1-49-34-15-9-29(10-16-34)31-13-19-40-36(24-31)37-25-32(30-11-17-35(50-2)18-12-30)14-20-41(37)47(40)21-5-4-6-23-52-43-27-39-38(26-42(43)51-3)44(48)46-22-7-8-33(46)28-45-39/h9-20,24-28,33H,4-8,21-23H2,1-3H3/t33-/m0/s1. The van der Waals surface area contributed by atoms with E-state index in [0.29, 0.717) is 29.4 Å². The van der Waals surface area contributed by atoms with Crippen LogP contribution in [0.1, 0.15) is 42.5 Å². The second-order valence-corrected chi connectivity index (χ2v) is 13.5. The summed E-state index contributed by atoms with van der Waals surface area (Å²) in [4.78, 5) is 19.8. The van der Waals surface area contributed by atoms with Crippen molar-refractivity contribution in [1.82, 2.24) is 9.47 Å². The van der Waals surface area contributed by atoms with Crippen molar-refractivity contribution < 1.29 is 23.7 Å². The van der Waals surface area contributed by atoms with Crippen LogP contribution in [0.3, 0.4) is 0 Å². The van der Waals surface area contributed by atoms with Crippen LogP contribution in [0.25, 0.3) is 44.1 Å². The Bertz CT molecular complexity index is 2170. The van der Waals surface area contributed by atoms with Crippen LogP contribution in [0.2, 0.25) is 0 Å². The molecule has 1 fully saturated rings. The van der Waals surface area contributed by atoms with Crippen LogP contribution >= 0.6 is 0 Å². The lowest BCUT2D eigenvalue weighted by Crippen LogP contribution is -2.35. The van der Waals surface area contributed by atoms with Crippen LogP contribution in [0.5, 0.6) is 23.0 Å². The van der Waals surface area contributed by atoms with E-state index in [1.54, 1.807) is 27.4 Å². The van der Waals surface area contributed by atoms with E-state index in [9.17, 15) is 4.79 Å². The molecule has 5 aromatic carbocycles. The van der Waals surface area contributed by atoms with E-state index in [4.69, 9.17) is 18.9 Å². The summed E-state index contributed by atoms with van der Waals surface area (Å²) >= 11 is 0. The van der Waals surface area contributed by atoms with Crippen LogP contribution in [-0.2, 0) is 6.54 Å². The van der Waals surface area contributed by atoms with E-state index in [-0.39, 0.29) is 11.9 Å². The molecule has 0 bridgehead atoms. The summed E-state index contributed by atoms with van der Waals surface area (Å²) in [6.45, 7) is 2.20. The molecule has 0 radical (unpaired) electrons. The third-order valence-electron chi connectivity index (χ3n) is 10.5. The molecule has 3 heterocycles. The topological polar surface area (TPSA) is 74.5 Å². The summed E-state index contributed by atoms with van der Waals surface area (Å²) in [5.74, 6) is 2.89. The molecular weight excluding hydrogens is 651 g/mol. The number of methoxy groups -OCH3 is 3. The number of rotatable bonds is 12. The van der Waals surface area contributed by atoms with Gasteiger partial charge in [0.15, 0.2) is 11.5 Å². The number of fused-ring (bicyclic) bond motifs is 5. The van der Waals surface area contributed by atoms with Gasteiger partial charge in [-0.3, -0.25) is 9.79 Å². The van der Waals surface area contributed by atoms with Gasteiger partial charge >= 0.3 is 0 Å². The molecule has 8 heteroatoms. The fourth-order valence-electron chi connectivity index (χ4n) is 7.62. The van der Waals surface area contributed by atoms with E-state index < -0.39 is 0 Å². The molecule has 8 nitrogen and oxygen atoms in total. The monoisotopic (exact) mass is 693 g/mol. The highest BCUT2D eigenvalue weighted by Gasteiger charge is 2.32. The van der Waals surface area contributed by atoms with Crippen molar-refractivity contribution in [3.05, 3.63) is 103 Å². The first-order valence-corrected chi connectivity index (χ1v) is 18.1. The fraction of sp³-hybridized carbons (Fsp3) is 0.273. The minimum absolute atomic E-state index is 0.0128. The third-order valence-corrected chi connectivity index (χ3v) is 10.5. The quantitative estimate of drug-likeness (QED) is 0.119. The van der Waals surface area contributed by atoms with Gasteiger partial charge in [0.25, 0.3) is 5.91 Å². The van der Waals surface area contributed by atoms with Gasteiger partial charge in [0, 0.05) is 47.2 Å². The Morgan fingerprint density at radius 1 is 0.673 bits per heavy atom. The van der Waals surface area contributed by atoms with E-state index >= 15 is 0 Å². The van der Waals surface area contributed by atoms with Crippen molar-refractivity contribution in [2.24, 2.45) is 4.99 Å². The zero-order valence-electron chi connectivity index (χ0n) is 29.9. The van der Waals surface area contributed by atoms with Crippen molar-refractivity contribution in [2.75, 3.05) is 34.5 Å². The Kier molecular flexibility index (Phi) is 9.29. The molecule has 8 rings (SSSR count). The molecular formula is C44H43N3O5. The van der Waals surface area contributed by atoms with Crippen molar-refractivity contribution in [1.29, 1.82) is 0 Å².